The van der Waals surface area contributed by atoms with Gasteiger partial charge in [-0.15, -0.1) is 11.8 Å². The maximum Gasteiger partial charge on any atom is 0.511 e. The average Bonchev–Trinajstić information content (AvgIpc) is 2.90. The van der Waals surface area contributed by atoms with Gasteiger partial charge in [0.05, 0.1) is 17.4 Å². The van der Waals surface area contributed by atoms with Gasteiger partial charge >= 0.3 is 12.1 Å². The lowest BCUT2D eigenvalue weighted by Crippen LogP contribution is -2.22. The van der Waals surface area contributed by atoms with Crippen molar-refractivity contribution >= 4 is 23.9 Å². The first-order valence-corrected chi connectivity index (χ1v) is 11.6. The second-order valence-corrected chi connectivity index (χ2v) is 8.78. The minimum atomic E-state index is -1.07. The molecule has 2 aromatic carbocycles. The fourth-order valence-electron chi connectivity index (χ4n) is 3.32. The molecule has 0 bridgehead atoms. The Labute approximate surface area is 193 Å². The predicted molar refractivity (Wildman–Crippen MR) is 123 cm³/mol. The quantitative estimate of drug-likeness (QED) is 0.418. The molecular formula is C24H29NO6S. The highest BCUT2D eigenvalue weighted by molar-refractivity contribution is 7.99. The van der Waals surface area contributed by atoms with Gasteiger partial charge in [-0.1, -0.05) is 24.3 Å². The summed E-state index contributed by atoms with van der Waals surface area (Å²) in [6.07, 6.45) is -1.94. The van der Waals surface area contributed by atoms with Gasteiger partial charge in [0.2, 0.25) is 6.29 Å². The molecule has 0 saturated carbocycles. The molecule has 0 aromatic heterocycles. The van der Waals surface area contributed by atoms with Crippen LogP contribution in [-0.4, -0.2) is 56.3 Å². The van der Waals surface area contributed by atoms with E-state index in [0.717, 1.165) is 29.2 Å². The van der Waals surface area contributed by atoms with Crippen LogP contribution in [0.4, 0.5) is 4.79 Å². The molecule has 0 amide bonds. The smallest absolute Gasteiger partial charge is 0.489 e. The lowest BCUT2D eigenvalue weighted by atomic mass is 9.98. The molecule has 2 aromatic rings. The highest BCUT2D eigenvalue weighted by Gasteiger charge is 2.27. The Kier molecular flexibility index (Phi) is 8.41. The molecule has 8 heteroatoms. The fraction of sp³-hybridized carbons (Fsp3) is 0.417. The highest BCUT2D eigenvalue weighted by atomic mass is 32.2. The minimum Gasteiger partial charge on any atom is -0.489 e. The zero-order valence-corrected chi connectivity index (χ0v) is 19.6. The van der Waals surface area contributed by atoms with Crippen LogP contribution in [-0.2, 0) is 20.8 Å². The molecule has 32 heavy (non-hydrogen) atoms. The monoisotopic (exact) mass is 459 g/mol. The Morgan fingerprint density at radius 3 is 2.69 bits per heavy atom. The van der Waals surface area contributed by atoms with E-state index in [9.17, 15) is 9.59 Å². The molecule has 172 valence electrons. The summed E-state index contributed by atoms with van der Waals surface area (Å²) in [6, 6.07) is 13.5. The third-order valence-corrected chi connectivity index (χ3v) is 6.13. The van der Waals surface area contributed by atoms with Crippen LogP contribution < -0.4 is 4.74 Å². The molecule has 0 radical (unpaired) electrons. The Morgan fingerprint density at radius 2 is 1.94 bits per heavy atom. The first-order valence-electron chi connectivity index (χ1n) is 10.5. The molecular weight excluding hydrogens is 430 g/mol. The van der Waals surface area contributed by atoms with E-state index in [0.29, 0.717) is 12.2 Å². The van der Waals surface area contributed by atoms with Crippen LogP contribution in [0.5, 0.6) is 5.75 Å². The summed E-state index contributed by atoms with van der Waals surface area (Å²) in [4.78, 5) is 26.3. The summed E-state index contributed by atoms with van der Waals surface area (Å²) in [5.41, 5.74) is 3.60. The molecule has 0 saturated heterocycles. The number of benzene rings is 2. The number of nitrogens with zero attached hydrogens (tertiary/aromatic N) is 1. The standard InChI is InChI=1S/C24H29NO6S/c1-5-28-24(27)31-16(2)30-23(26)17-10-11-21-20(14-17)22(32-13-12-25(3)4)19-9-7-6-8-18(19)15-29-21/h6-11,14,16,22H,5,12-13,15H2,1-4H3. The van der Waals surface area contributed by atoms with Crippen molar-refractivity contribution in [2.75, 3.05) is 33.0 Å². The number of rotatable bonds is 8. The van der Waals surface area contributed by atoms with Gasteiger partial charge in [-0.3, -0.25) is 0 Å². The van der Waals surface area contributed by atoms with E-state index in [1.165, 1.54) is 12.5 Å². The van der Waals surface area contributed by atoms with E-state index in [4.69, 9.17) is 18.9 Å². The van der Waals surface area contributed by atoms with Crippen molar-refractivity contribution in [2.45, 2.75) is 32.0 Å². The number of carbonyl (C=O) groups is 2. The van der Waals surface area contributed by atoms with Crippen LogP contribution in [0.25, 0.3) is 0 Å². The van der Waals surface area contributed by atoms with Crippen molar-refractivity contribution in [3.63, 3.8) is 0 Å². The highest BCUT2D eigenvalue weighted by Crippen LogP contribution is 2.44. The molecule has 0 fully saturated rings. The summed E-state index contributed by atoms with van der Waals surface area (Å²) in [5, 5.41) is 0.0182. The van der Waals surface area contributed by atoms with E-state index in [2.05, 4.69) is 17.0 Å². The first-order chi connectivity index (χ1) is 15.4. The lowest BCUT2D eigenvalue weighted by molar-refractivity contribution is -0.0811. The maximum atomic E-state index is 12.7. The molecule has 1 aliphatic rings. The number of thioether (sulfide) groups is 1. The van der Waals surface area contributed by atoms with Crippen molar-refractivity contribution in [1.82, 2.24) is 4.90 Å². The van der Waals surface area contributed by atoms with E-state index < -0.39 is 18.4 Å². The van der Waals surface area contributed by atoms with Gasteiger partial charge in [-0.05, 0) is 50.3 Å². The molecule has 0 N–H and O–H groups in total. The van der Waals surface area contributed by atoms with Gasteiger partial charge in [0.25, 0.3) is 0 Å². The summed E-state index contributed by atoms with van der Waals surface area (Å²) in [6.45, 7) is 4.73. The second kappa shape index (κ2) is 11.2. The van der Waals surface area contributed by atoms with Crippen LogP contribution in [0.15, 0.2) is 42.5 Å². The SMILES string of the molecule is CCOC(=O)OC(C)OC(=O)c1ccc2c(c1)C(SCCN(C)C)c1ccccc1CO2. The summed E-state index contributed by atoms with van der Waals surface area (Å²) in [5.74, 6) is 1.08. The maximum absolute atomic E-state index is 12.7. The number of ether oxygens (including phenoxy) is 4. The fourth-order valence-corrected chi connectivity index (χ4v) is 4.80. The van der Waals surface area contributed by atoms with Crippen molar-refractivity contribution in [3.8, 4) is 5.75 Å². The third-order valence-electron chi connectivity index (χ3n) is 4.87. The molecule has 7 nitrogen and oxygen atoms in total. The first kappa shape index (κ1) is 23.9. The molecule has 0 aliphatic carbocycles. The average molecular weight is 460 g/mol. The largest absolute Gasteiger partial charge is 0.511 e. The number of carbonyl (C=O) groups excluding carboxylic acids is 2. The third kappa shape index (κ3) is 6.17. The van der Waals surface area contributed by atoms with E-state index in [-0.39, 0.29) is 11.9 Å². The predicted octanol–water partition coefficient (Wildman–Crippen LogP) is 4.64. The van der Waals surface area contributed by atoms with Crippen LogP contribution >= 0.6 is 11.8 Å². The summed E-state index contributed by atoms with van der Waals surface area (Å²) < 4.78 is 21.0. The molecule has 3 rings (SSSR count). The van der Waals surface area contributed by atoms with Gasteiger partial charge in [-0.25, -0.2) is 9.59 Å². The van der Waals surface area contributed by atoms with Crippen LogP contribution in [0.1, 0.15) is 46.1 Å². The number of hydrogen-bond acceptors (Lipinski definition) is 8. The van der Waals surface area contributed by atoms with Crippen molar-refractivity contribution in [3.05, 3.63) is 64.7 Å². The number of esters is 1. The number of fused-ring (bicyclic) bond motifs is 2. The molecule has 0 spiro atoms. The van der Waals surface area contributed by atoms with Gasteiger partial charge in [-0.2, -0.15) is 0 Å². The Balaban J connectivity index is 1.84. The Bertz CT molecular complexity index is 948. The molecule has 2 atom stereocenters. The zero-order valence-electron chi connectivity index (χ0n) is 18.8. The normalized spacial score (nSPS) is 15.6. The summed E-state index contributed by atoms with van der Waals surface area (Å²) >= 11 is 1.81. The van der Waals surface area contributed by atoms with Gasteiger partial charge in [0.15, 0.2) is 0 Å². The van der Waals surface area contributed by atoms with Gasteiger partial charge in [0.1, 0.15) is 12.4 Å². The Hall–Kier alpha value is -2.71. The van der Waals surface area contributed by atoms with Crippen LogP contribution in [0.2, 0.25) is 0 Å². The van der Waals surface area contributed by atoms with E-state index in [1.54, 1.807) is 19.1 Å². The zero-order chi connectivity index (χ0) is 23.1. The van der Waals surface area contributed by atoms with Crippen molar-refractivity contribution < 1.29 is 28.5 Å². The van der Waals surface area contributed by atoms with Gasteiger partial charge < -0.3 is 23.8 Å². The number of hydrogen-bond donors (Lipinski definition) is 0. The Morgan fingerprint density at radius 1 is 1.16 bits per heavy atom. The summed E-state index contributed by atoms with van der Waals surface area (Å²) in [7, 11) is 4.10. The van der Waals surface area contributed by atoms with E-state index in [1.807, 2.05) is 44.1 Å². The lowest BCUT2D eigenvalue weighted by Gasteiger charge is -2.20. The van der Waals surface area contributed by atoms with E-state index >= 15 is 0 Å². The second-order valence-electron chi connectivity index (χ2n) is 7.57. The van der Waals surface area contributed by atoms with Crippen LogP contribution in [0.3, 0.4) is 0 Å². The van der Waals surface area contributed by atoms with Crippen LogP contribution in [0, 0.1) is 0 Å². The van der Waals surface area contributed by atoms with Crippen molar-refractivity contribution in [1.29, 1.82) is 0 Å². The topological polar surface area (TPSA) is 74.3 Å². The van der Waals surface area contributed by atoms with Crippen molar-refractivity contribution in [2.24, 2.45) is 0 Å². The molecule has 1 aliphatic heterocycles. The molecule has 2 unspecified atom stereocenters. The van der Waals surface area contributed by atoms with Gasteiger partial charge in [0, 0.05) is 24.8 Å². The molecule has 1 heterocycles. The minimum absolute atomic E-state index is 0.0182.